The first-order chi connectivity index (χ1) is 7.18. The summed E-state index contributed by atoms with van der Waals surface area (Å²) in [5.41, 5.74) is 0. The summed E-state index contributed by atoms with van der Waals surface area (Å²) in [5.74, 6) is -0.0715. The number of carbonyl (C=O) groups excluding carboxylic acids is 2. The molecule has 2 unspecified atom stereocenters. The van der Waals surface area contributed by atoms with Crippen molar-refractivity contribution in [1.82, 2.24) is 10.2 Å². The zero-order valence-electron chi connectivity index (χ0n) is 8.86. The van der Waals surface area contributed by atoms with Gasteiger partial charge in [0.1, 0.15) is 6.04 Å². The van der Waals surface area contributed by atoms with E-state index in [4.69, 9.17) is 4.74 Å². The van der Waals surface area contributed by atoms with Gasteiger partial charge in [0.15, 0.2) is 0 Å². The van der Waals surface area contributed by atoms with Crippen LogP contribution in [0.2, 0.25) is 0 Å². The summed E-state index contributed by atoms with van der Waals surface area (Å²) in [6.07, 6.45) is 1.90. The molecule has 1 N–H and O–H groups in total. The highest BCUT2D eigenvalue weighted by molar-refractivity contribution is 5.94. The molecule has 0 radical (unpaired) electrons. The number of ether oxygens (including phenoxy) is 1. The monoisotopic (exact) mass is 212 g/mol. The molecular weight excluding hydrogens is 196 g/mol. The van der Waals surface area contributed by atoms with Gasteiger partial charge in [-0.15, -0.1) is 0 Å². The Hall–Kier alpha value is -1.10. The van der Waals surface area contributed by atoms with Crippen molar-refractivity contribution >= 4 is 11.8 Å². The number of nitrogens with zero attached hydrogens (tertiary/aromatic N) is 1. The van der Waals surface area contributed by atoms with Gasteiger partial charge in [-0.25, -0.2) is 0 Å². The molecule has 0 aromatic rings. The first kappa shape index (κ1) is 10.4. The second kappa shape index (κ2) is 4.18. The van der Waals surface area contributed by atoms with Crippen LogP contribution in [-0.2, 0) is 14.3 Å². The maximum atomic E-state index is 11.8. The summed E-state index contributed by atoms with van der Waals surface area (Å²) in [6, 6.07) is -0.312. The zero-order chi connectivity index (χ0) is 10.8. The van der Waals surface area contributed by atoms with E-state index in [0.29, 0.717) is 6.61 Å². The minimum Gasteiger partial charge on any atom is -0.379 e. The standard InChI is InChI=1S/C10H16N2O3/c1-7-10(14)12(5-9(13)11-7)8-3-2-4-15-6-8/h7-8H,2-6H2,1H3,(H,11,13). The van der Waals surface area contributed by atoms with Crippen LogP contribution in [0.1, 0.15) is 19.8 Å². The fraction of sp³-hybridized carbons (Fsp3) is 0.800. The first-order valence-corrected chi connectivity index (χ1v) is 5.36. The van der Waals surface area contributed by atoms with E-state index < -0.39 is 6.04 Å². The Labute approximate surface area is 88.8 Å². The Bertz CT molecular complexity index is 274. The van der Waals surface area contributed by atoms with Crippen molar-refractivity contribution in [1.29, 1.82) is 0 Å². The average Bonchev–Trinajstić information content (AvgIpc) is 2.24. The van der Waals surface area contributed by atoms with Crippen LogP contribution in [0.5, 0.6) is 0 Å². The molecule has 2 fully saturated rings. The number of amides is 2. The molecule has 5 nitrogen and oxygen atoms in total. The van der Waals surface area contributed by atoms with Crippen molar-refractivity contribution in [2.75, 3.05) is 19.8 Å². The Kier molecular flexibility index (Phi) is 2.90. The molecule has 0 bridgehead atoms. The molecule has 2 rings (SSSR count). The highest BCUT2D eigenvalue weighted by Gasteiger charge is 2.34. The zero-order valence-corrected chi connectivity index (χ0v) is 8.86. The second-order valence-corrected chi connectivity index (χ2v) is 4.13. The fourth-order valence-corrected chi connectivity index (χ4v) is 2.11. The summed E-state index contributed by atoms with van der Waals surface area (Å²) in [7, 11) is 0. The SMILES string of the molecule is CC1NC(=O)CN(C2CCCOC2)C1=O. The highest BCUT2D eigenvalue weighted by Crippen LogP contribution is 2.16. The van der Waals surface area contributed by atoms with E-state index in [1.54, 1.807) is 11.8 Å². The van der Waals surface area contributed by atoms with Gasteiger partial charge >= 0.3 is 0 Å². The third-order valence-electron chi connectivity index (χ3n) is 2.92. The van der Waals surface area contributed by atoms with Gasteiger partial charge in [-0.1, -0.05) is 0 Å². The van der Waals surface area contributed by atoms with Crippen LogP contribution in [0.4, 0.5) is 0 Å². The molecule has 84 valence electrons. The Morgan fingerprint density at radius 3 is 2.93 bits per heavy atom. The van der Waals surface area contributed by atoms with E-state index in [1.807, 2.05) is 0 Å². The number of hydrogen-bond acceptors (Lipinski definition) is 3. The summed E-state index contributed by atoms with van der Waals surface area (Å²) < 4.78 is 5.33. The predicted molar refractivity (Wildman–Crippen MR) is 53.2 cm³/mol. The summed E-state index contributed by atoms with van der Waals surface area (Å²) in [6.45, 7) is 3.22. The van der Waals surface area contributed by atoms with Crippen molar-refractivity contribution in [3.8, 4) is 0 Å². The third-order valence-corrected chi connectivity index (χ3v) is 2.92. The van der Waals surface area contributed by atoms with Crippen LogP contribution in [0.3, 0.4) is 0 Å². The molecule has 2 saturated heterocycles. The van der Waals surface area contributed by atoms with Crippen LogP contribution < -0.4 is 5.32 Å². The van der Waals surface area contributed by atoms with E-state index in [9.17, 15) is 9.59 Å². The lowest BCUT2D eigenvalue weighted by Gasteiger charge is -2.38. The van der Waals surface area contributed by atoms with Crippen LogP contribution in [0.15, 0.2) is 0 Å². The minimum absolute atomic E-state index is 0.00472. The molecule has 0 aromatic carbocycles. The number of piperazine rings is 1. The maximum absolute atomic E-state index is 11.8. The van der Waals surface area contributed by atoms with Crippen molar-refractivity contribution in [3.63, 3.8) is 0 Å². The van der Waals surface area contributed by atoms with Gasteiger partial charge in [0.05, 0.1) is 19.2 Å². The summed E-state index contributed by atoms with van der Waals surface area (Å²) in [4.78, 5) is 24.8. The number of nitrogens with one attached hydrogen (secondary N) is 1. The van der Waals surface area contributed by atoms with Crippen LogP contribution in [0, 0.1) is 0 Å². The molecule has 15 heavy (non-hydrogen) atoms. The van der Waals surface area contributed by atoms with E-state index in [-0.39, 0.29) is 24.4 Å². The fourth-order valence-electron chi connectivity index (χ4n) is 2.11. The van der Waals surface area contributed by atoms with Crippen molar-refractivity contribution in [3.05, 3.63) is 0 Å². The van der Waals surface area contributed by atoms with Crippen molar-refractivity contribution < 1.29 is 14.3 Å². The smallest absolute Gasteiger partial charge is 0.245 e. The molecule has 2 aliphatic heterocycles. The second-order valence-electron chi connectivity index (χ2n) is 4.13. The molecule has 0 aromatic heterocycles. The molecule has 0 spiro atoms. The van der Waals surface area contributed by atoms with Gasteiger partial charge in [-0.2, -0.15) is 0 Å². The van der Waals surface area contributed by atoms with Gasteiger partial charge in [0, 0.05) is 6.61 Å². The van der Waals surface area contributed by atoms with Gasteiger partial charge in [0.2, 0.25) is 11.8 Å². The van der Waals surface area contributed by atoms with E-state index >= 15 is 0 Å². The first-order valence-electron chi connectivity index (χ1n) is 5.36. The molecule has 2 heterocycles. The van der Waals surface area contributed by atoms with E-state index in [2.05, 4.69) is 5.32 Å². The Morgan fingerprint density at radius 1 is 1.47 bits per heavy atom. The van der Waals surface area contributed by atoms with Gasteiger partial charge in [-0.3, -0.25) is 9.59 Å². The van der Waals surface area contributed by atoms with Gasteiger partial charge in [0.25, 0.3) is 0 Å². The molecule has 2 aliphatic rings. The Balaban J connectivity index is 2.05. The average molecular weight is 212 g/mol. The molecule has 2 amide bonds. The van der Waals surface area contributed by atoms with Gasteiger partial charge in [-0.05, 0) is 19.8 Å². The lowest BCUT2D eigenvalue weighted by Crippen LogP contribution is -2.60. The topological polar surface area (TPSA) is 58.6 Å². The summed E-state index contributed by atoms with van der Waals surface area (Å²) in [5, 5.41) is 2.63. The van der Waals surface area contributed by atoms with Crippen LogP contribution in [-0.4, -0.2) is 48.6 Å². The van der Waals surface area contributed by atoms with Crippen molar-refractivity contribution in [2.45, 2.75) is 31.8 Å². The largest absolute Gasteiger partial charge is 0.379 e. The highest BCUT2D eigenvalue weighted by atomic mass is 16.5. The molecular formula is C10H16N2O3. The van der Waals surface area contributed by atoms with Crippen molar-refractivity contribution in [2.24, 2.45) is 0 Å². The maximum Gasteiger partial charge on any atom is 0.245 e. The minimum atomic E-state index is -0.395. The van der Waals surface area contributed by atoms with E-state index in [0.717, 1.165) is 19.4 Å². The third kappa shape index (κ3) is 2.12. The Morgan fingerprint density at radius 2 is 2.27 bits per heavy atom. The lowest BCUT2D eigenvalue weighted by atomic mass is 10.1. The van der Waals surface area contributed by atoms with Crippen LogP contribution in [0.25, 0.3) is 0 Å². The normalized spacial score (nSPS) is 32.7. The molecule has 0 saturated carbocycles. The quantitative estimate of drug-likeness (QED) is 0.638. The number of rotatable bonds is 1. The summed E-state index contributed by atoms with van der Waals surface area (Å²) >= 11 is 0. The molecule has 5 heteroatoms. The number of hydrogen-bond donors (Lipinski definition) is 1. The predicted octanol–water partition coefficient (Wildman–Crippen LogP) is -0.488. The molecule has 2 atom stereocenters. The van der Waals surface area contributed by atoms with Gasteiger partial charge < -0.3 is 15.0 Å². The van der Waals surface area contributed by atoms with Crippen LogP contribution >= 0.6 is 0 Å². The van der Waals surface area contributed by atoms with E-state index in [1.165, 1.54) is 0 Å². The lowest BCUT2D eigenvalue weighted by molar-refractivity contribution is -0.148. The number of carbonyl (C=O) groups is 2. The molecule has 0 aliphatic carbocycles.